The Bertz CT molecular complexity index is 626. The molecule has 1 amide bonds. The van der Waals surface area contributed by atoms with Gasteiger partial charge in [-0.25, -0.2) is 0 Å². The zero-order valence-corrected chi connectivity index (χ0v) is 12.3. The third-order valence-electron chi connectivity index (χ3n) is 3.15. The van der Waals surface area contributed by atoms with Crippen LogP contribution in [0.5, 0.6) is 0 Å². The predicted octanol–water partition coefficient (Wildman–Crippen LogP) is 3.62. The third-order valence-corrected chi connectivity index (χ3v) is 3.55. The molecular formula is C16H17ClN2O. The number of hydrogen-bond acceptors (Lipinski definition) is 2. The minimum absolute atomic E-state index is 0.145. The first-order valence-corrected chi connectivity index (χ1v) is 6.80. The van der Waals surface area contributed by atoms with Crippen LogP contribution in [0, 0.1) is 6.92 Å². The fraction of sp³-hybridized carbons (Fsp3) is 0.188. The Hall–Kier alpha value is -1.84. The highest BCUT2D eigenvalue weighted by atomic mass is 35.5. The molecule has 0 radical (unpaired) electrons. The second kappa shape index (κ2) is 6.55. The molecule has 0 saturated carbocycles. The van der Waals surface area contributed by atoms with Gasteiger partial charge in [0.25, 0.3) is 5.91 Å². The second-order valence-corrected chi connectivity index (χ2v) is 4.96. The highest BCUT2D eigenvalue weighted by Crippen LogP contribution is 2.21. The zero-order valence-electron chi connectivity index (χ0n) is 11.5. The molecular weight excluding hydrogens is 272 g/mol. The van der Waals surface area contributed by atoms with Crippen LogP contribution in [0.1, 0.15) is 21.5 Å². The maximum atomic E-state index is 12.4. The summed E-state index contributed by atoms with van der Waals surface area (Å²) in [5.41, 5.74) is 3.24. The normalized spacial score (nSPS) is 10.3. The van der Waals surface area contributed by atoms with E-state index in [9.17, 15) is 4.79 Å². The van der Waals surface area contributed by atoms with E-state index in [0.29, 0.717) is 17.1 Å². The maximum absolute atomic E-state index is 12.4. The van der Waals surface area contributed by atoms with E-state index >= 15 is 0 Å². The fourth-order valence-electron chi connectivity index (χ4n) is 2.03. The van der Waals surface area contributed by atoms with Crippen molar-refractivity contribution in [2.24, 2.45) is 0 Å². The summed E-state index contributed by atoms with van der Waals surface area (Å²) >= 11 is 6.05. The van der Waals surface area contributed by atoms with E-state index in [1.54, 1.807) is 18.2 Å². The topological polar surface area (TPSA) is 41.1 Å². The van der Waals surface area contributed by atoms with Gasteiger partial charge in [0.1, 0.15) is 0 Å². The zero-order chi connectivity index (χ0) is 14.5. The summed E-state index contributed by atoms with van der Waals surface area (Å²) in [5.74, 6) is -0.145. The van der Waals surface area contributed by atoms with Crippen molar-refractivity contribution in [3.63, 3.8) is 0 Å². The summed E-state index contributed by atoms with van der Waals surface area (Å²) < 4.78 is 0. The maximum Gasteiger partial charge on any atom is 0.255 e. The molecule has 0 fully saturated rings. The van der Waals surface area contributed by atoms with E-state index in [1.807, 2.05) is 38.2 Å². The van der Waals surface area contributed by atoms with Gasteiger partial charge in [-0.2, -0.15) is 0 Å². The Balaban J connectivity index is 2.26. The lowest BCUT2D eigenvalue weighted by atomic mass is 10.1. The van der Waals surface area contributed by atoms with Gasteiger partial charge in [0.05, 0.1) is 0 Å². The van der Waals surface area contributed by atoms with E-state index in [-0.39, 0.29) is 5.91 Å². The summed E-state index contributed by atoms with van der Waals surface area (Å²) in [7, 11) is 1.87. The Labute approximate surface area is 124 Å². The van der Waals surface area contributed by atoms with Crippen LogP contribution in [-0.2, 0) is 6.54 Å². The highest BCUT2D eigenvalue weighted by molar-refractivity contribution is 6.32. The molecule has 0 aromatic heterocycles. The van der Waals surface area contributed by atoms with Gasteiger partial charge in [0.15, 0.2) is 0 Å². The van der Waals surface area contributed by atoms with Crippen molar-refractivity contribution in [1.82, 2.24) is 5.32 Å². The van der Waals surface area contributed by atoms with Gasteiger partial charge in [-0.15, -0.1) is 0 Å². The number of halogens is 1. The number of anilines is 1. The molecule has 20 heavy (non-hydrogen) atoms. The molecule has 2 aromatic carbocycles. The molecule has 0 atom stereocenters. The molecule has 0 aliphatic carbocycles. The average molecular weight is 289 g/mol. The van der Waals surface area contributed by atoms with Gasteiger partial charge >= 0.3 is 0 Å². The van der Waals surface area contributed by atoms with Crippen LogP contribution in [-0.4, -0.2) is 13.0 Å². The summed E-state index contributed by atoms with van der Waals surface area (Å²) in [6.45, 7) is 2.54. The number of amides is 1. The molecule has 0 saturated heterocycles. The number of nitrogens with one attached hydrogen (secondary N) is 2. The Morgan fingerprint density at radius 3 is 2.65 bits per heavy atom. The monoisotopic (exact) mass is 288 g/mol. The smallest absolute Gasteiger partial charge is 0.255 e. The molecule has 3 nitrogen and oxygen atoms in total. The minimum atomic E-state index is -0.145. The lowest BCUT2D eigenvalue weighted by Crippen LogP contribution is -2.16. The highest BCUT2D eigenvalue weighted by Gasteiger charge is 2.12. The lowest BCUT2D eigenvalue weighted by Gasteiger charge is -2.12. The van der Waals surface area contributed by atoms with Crippen LogP contribution in [0.3, 0.4) is 0 Å². The minimum Gasteiger partial charge on any atom is -0.322 e. The molecule has 0 unspecified atom stereocenters. The molecule has 0 bridgehead atoms. The van der Waals surface area contributed by atoms with E-state index < -0.39 is 0 Å². The van der Waals surface area contributed by atoms with Crippen molar-refractivity contribution in [2.45, 2.75) is 13.5 Å². The van der Waals surface area contributed by atoms with Gasteiger partial charge in [0.2, 0.25) is 0 Å². The number of benzene rings is 2. The molecule has 0 aliphatic rings. The van der Waals surface area contributed by atoms with Gasteiger partial charge in [-0.1, -0.05) is 35.9 Å². The van der Waals surface area contributed by atoms with Crippen LogP contribution in [0.2, 0.25) is 5.02 Å². The number of carbonyl (C=O) groups excluding carboxylic acids is 1. The lowest BCUT2D eigenvalue weighted by molar-refractivity contribution is 0.102. The van der Waals surface area contributed by atoms with E-state index in [1.165, 1.54) is 0 Å². The van der Waals surface area contributed by atoms with Crippen LogP contribution >= 0.6 is 11.6 Å². The summed E-state index contributed by atoms with van der Waals surface area (Å²) in [6, 6.07) is 13.1. The van der Waals surface area contributed by atoms with Crippen molar-refractivity contribution in [1.29, 1.82) is 0 Å². The molecule has 0 spiro atoms. The quantitative estimate of drug-likeness (QED) is 0.902. The number of hydrogen-bond donors (Lipinski definition) is 2. The number of para-hydroxylation sites is 1. The third kappa shape index (κ3) is 3.18. The van der Waals surface area contributed by atoms with E-state index in [0.717, 1.165) is 16.8 Å². The molecule has 0 aliphatic heterocycles. The molecule has 2 aromatic rings. The van der Waals surface area contributed by atoms with Crippen molar-refractivity contribution >= 4 is 23.2 Å². The van der Waals surface area contributed by atoms with E-state index in [4.69, 9.17) is 11.6 Å². The van der Waals surface area contributed by atoms with Crippen molar-refractivity contribution < 1.29 is 4.79 Å². The van der Waals surface area contributed by atoms with Gasteiger partial charge in [0, 0.05) is 22.8 Å². The fourth-order valence-corrected chi connectivity index (χ4v) is 2.20. The SMILES string of the molecule is CNCc1ccccc1NC(=O)c1cccc(Cl)c1C. The number of rotatable bonds is 4. The standard InChI is InChI=1S/C16H17ClN2O/c1-11-13(7-5-8-14(11)17)16(20)19-15-9-4-3-6-12(15)10-18-2/h3-9,18H,10H2,1-2H3,(H,19,20). The second-order valence-electron chi connectivity index (χ2n) is 4.55. The van der Waals surface area contributed by atoms with Gasteiger partial charge in [-0.3, -0.25) is 4.79 Å². The first-order chi connectivity index (χ1) is 9.63. The number of carbonyl (C=O) groups is 1. The van der Waals surface area contributed by atoms with Gasteiger partial charge in [-0.05, 0) is 43.3 Å². The predicted molar refractivity (Wildman–Crippen MR) is 83.3 cm³/mol. The first-order valence-electron chi connectivity index (χ1n) is 6.42. The molecule has 2 rings (SSSR count). The largest absolute Gasteiger partial charge is 0.322 e. The van der Waals surface area contributed by atoms with Crippen LogP contribution in [0.15, 0.2) is 42.5 Å². The summed E-state index contributed by atoms with van der Waals surface area (Å²) in [5, 5.41) is 6.63. The first kappa shape index (κ1) is 14.6. The van der Waals surface area contributed by atoms with Crippen molar-refractivity contribution in [3.8, 4) is 0 Å². The molecule has 2 N–H and O–H groups in total. The Kier molecular flexibility index (Phi) is 4.77. The van der Waals surface area contributed by atoms with Gasteiger partial charge < -0.3 is 10.6 Å². The van der Waals surface area contributed by atoms with Crippen LogP contribution < -0.4 is 10.6 Å². The Morgan fingerprint density at radius 1 is 1.15 bits per heavy atom. The summed E-state index contributed by atoms with van der Waals surface area (Å²) in [6.07, 6.45) is 0. The van der Waals surface area contributed by atoms with Crippen molar-refractivity contribution in [2.75, 3.05) is 12.4 Å². The van der Waals surface area contributed by atoms with Crippen LogP contribution in [0.4, 0.5) is 5.69 Å². The summed E-state index contributed by atoms with van der Waals surface area (Å²) in [4.78, 5) is 12.4. The molecule has 4 heteroatoms. The van der Waals surface area contributed by atoms with E-state index in [2.05, 4.69) is 10.6 Å². The van der Waals surface area contributed by atoms with Crippen LogP contribution in [0.25, 0.3) is 0 Å². The average Bonchev–Trinajstić information content (AvgIpc) is 2.44. The molecule has 104 valence electrons. The molecule has 0 heterocycles. The Morgan fingerprint density at radius 2 is 1.90 bits per heavy atom. The van der Waals surface area contributed by atoms with Crippen molar-refractivity contribution in [3.05, 3.63) is 64.2 Å².